The average molecular weight is 549 g/mol. The molecule has 1 fully saturated rings. The number of amides is 2. The van der Waals surface area contributed by atoms with Gasteiger partial charge >= 0.3 is 6.03 Å². The van der Waals surface area contributed by atoms with Crippen LogP contribution in [-0.4, -0.2) is 53.9 Å². The summed E-state index contributed by atoms with van der Waals surface area (Å²) in [6.07, 6.45) is 1.93. The topological polar surface area (TPSA) is 86.7 Å². The van der Waals surface area contributed by atoms with E-state index in [1.54, 1.807) is 0 Å². The molecule has 1 aliphatic heterocycles. The summed E-state index contributed by atoms with van der Waals surface area (Å²) in [5, 5.41) is 17.1. The molecule has 1 aromatic heterocycles. The Balaban J connectivity index is 1.38. The Morgan fingerprint density at radius 3 is 2.44 bits per heavy atom. The molecule has 1 saturated heterocycles. The van der Waals surface area contributed by atoms with E-state index < -0.39 is 0 Å². The van der Waals surface area contributed by atoms with Crippen LogP contribution in [0.25, 0.3) is 21.9 Å². The van der Waals surface area contributed by atoms with Gasteiger partial charge in [0.2, 0.25) is 0 Å². The van der Waals surface area contributed by atoms with Gasteiger partial charge in [0, 0.05) is 42.3 Å². The molecule has 4 aromatic rings. The third-order valence-electron chi connectivity index (χ3n) is 7.23. The van der Waals surface area contributed by atoms with Crippen molar-refractivity contribution in [1.82, 2.24) is 9.88 Å². The van der Waals surface area contributed by atoms with Gasteiger partial charge in [0.1, 0.15) is 6.61 Å². The molecule has 0 atom stereocenters. The fourth-order valence-electron chi connectivity index (χ4n) is 4.96. The molecule has 0 bridgehead atoms. The summed E-state index contributed by atoms with van der Waals surface area (Å²) in [6, 6.07) is 21.6. The highest BCUT2D eigenvalue weighted by Gasteiger charge is 2.17. The number of morpholine rings is 1. The summed E-state index contributed by atoms with van der Waals surface area (Å²) in [5.74, 6) is 5.61. The lowest BCUT2D eigenvalue weighted by Gasteiger charge is -2.26. The van der Waals surface area contributed by atoms with E-state index in [-0.39, 0.29) is 18.1 Å². The first-order valence-electron chi connectivity index (χ1n) is 13.9. The Morgan fingerprint density at radius 1 is 0.976 bits per heavy atom. The molecule has 2 amide bonds. The number of hydrogen-bond donors (Lipinski definition) is 3. The van der Waals surface area contributed by atoms with E-state index in [0.717, 1.165) is 66.0 Å². The monoisotopic (exact) mass is 548 g/mol. The molecule has 5 rings (SSSR count). The van der Waals surface area contributed by atoms with Gasteiger partial charge in [0.05, 0.1) is 30.3 Å². The van der Waals surface area contributed by atoms with Gasteiger partial charge in [-0.25, -0.2) is 4.79 Å². The van der Waals surface area contributed by atoms with Gasteiger partial charge in [-0.1, -0.05) is 75.1 Å². The lowest BCUT2D eigenvalue weighted by molar-refractivity contribution is 0.0336. The minimum absolute atomic E-state index is 0.0998. The Kier molecular flexibility index (Phi) is 8.65. The minimum Gasteiger partial charge on any atom is -0.384 e. The number of hydrogen-bond acceptors (Lipinski definition) is 5. The number of fused-ring (bicyclic) bond motifs is 1. The van der Waals surface area contributed by atoms with Crippen molar-refractivity contribution in [2.24, 2.45) is 0 Å². The minimum atomic E-state index is -0.366. The Bertz CT molecular complexity index is 1590. The number of nitrogens with zero attached hydrogens (tertiary/aromatic N) is 2. The lowest BCUT2D eigenvalue weighted by Crippen LogP contribution is -2.35. The number of benzene rings is 3. The van der Waals surface area contributed by atoms with Gasteiger partial charge in [0.25, 0.3) is 0 Å². The Morgan fingerprint density at radius 2 is 1.73 bits per heavy atom. The van der Waals surface area contributed by atoms with Crippen LogP contribution in [0.1, 0.15) is 37.6 Å². The van der Waals surface area contributed by atoms with Gasteiger partial charge in [-0.15, -0.1) is 0 Å². The van der Waals surface area contributed by atoms with Crippen molar-refractivity contribution < 1.29 is 14.6 Å². The van der Waals surface area contributed by atoms with Gasteiger partial charge < -0.3 is 20.5 Å². The summed E-state index contributed by atoms with van der Waals surface area (Å²) < 4.78 is 5.45. The van der Waals surface area contributed by atoms with Crippen LogP contribution in [0.2, 0.25) is 0 Å². The van der Waals surface area contributed by atoms with Gasteiger partial charge in [-0.05, 0) is 46.2 Å². The van der Waals surface area contributed by atoms with Crippen molar-refractivity contribution >= 4 is 28.2 Å². The van der Waals surface area contributed by atoms with E-state index in [1.807, 2.05) is 54.7 Å². The number of carbonyl (C=O) groups is 1. The zero-order chi connectivity index (χ0) is 28.8. The number of ether oxygens (including phenoxy) is 1. The van der Waals surface area contributed by atoms with E-state index in [1.165, 1.54) is 0 Å². The smallest absolute Gasteiger partial charge is 0.323 e. The standard InChI is InChI=1S/C34H36N4O3/c1-34(2,3)26-12-10-24(7-6-18-39)32(21-26)37-33(40)36-31-15-14-28(29-8-4-5-9-30(29)31)25-11-13-27(35-22-25)23-38-16-19-41-20-17-38/h4-5,8-15,21-22,39H,16-20,23H2,1-3H3,(H2,36,37,40). The van der Waals surface area contributed by atoms with E-state index in [0.29, 0.717) is 16.9 Å². The normalized spacial score (nSPS) is 13.9. The van der Waals surface area contributed by atoms with Gasteiger partial charge in [-0.2, -0.15) is 0 Å². The molecule has 41 heavy (non-hydrogen) atoms. The molecule has 0 spiro atoms. The number of aromatic nitrogens is 1. The van der Waals surface area contributed by atoms with Crippen molar-refractivity contribution in [3.63, 3.8) is 0 Å². The Hall–Kier alpha value is -4.22. The van der Waals surface area contributed by atoms with Crippen LogP contribution in [0, 0.1) is 11.8 Å². The predicted molar refractivity (Wildman–Crippen MR) is 165 cm³/mol. The first kappa shape index (κ1) is 28.3. The molecular weight excluding hydrogens is 512 g/mol. The van der Waals surface area contributed by atoms with E-state index in [9.17, 15) is 9.90 Å². The number of carbonyl (C=O) groups excluding carboxylic acids is 1. The van der Waals surface area contributed by atoms with Crippen LogP contribution < -0.4 is 10.6 Å². The largest absolute Gasteiger partial charge is 0.384 e. The van der Waals surface area contributed by atoms with Crippen molar-refractivity contribution in [3.8, 4) is 23.0 Å². The fourth-order valence-corrected chi connectivity index (χ4v) is 4.96. The van der Waals surface area contributed by atoms with Crippen molar-refractivity contribution in [2.45, 2.75) is 32.7 Å². The molecule has 210 valence electrons. The molecule has 1 aliphatic rings. The second-order valence-electron chi connectivity index (χ2n) is 11.2. The number of pyridine rings is 1. The molecule has 2 heterocycles. The number of aliphatic hydroxyl groups is 1. The van der Waals surface area contributed by atoms with Crippen LogP contribution in [0.4, 0.5) is 16.2 Å². The molecule has 3 N–H and O–H groups in total. The van der Waals surface area contributed by atoms with E-state index >= 15 is 0 Å². The highest BCUT2D eigenvalue weighted by Crippen LogP contribution is 2.33. The van der Waals surface area contributed by atoms with E-state index in [4.69, 9.17) is 9.72 Å². The van der Waals surface area contributed by atoms with Crippen LogP contribution in [0.15, 0.2) is 72.9 Å². The summed E-state index contributed by atoms with van der Waals surface area (Å²) in [7, 11) is 0. The van der Waals surface area contributed by atoms with Crippen molar-refractivity contribution in [1.29, 1.82) is 0 Å². The third-order valence-corrected chi connectivity index (χ3v) is 7.23. The SMILES string of the molecule is CC(C)(C)c1ccc(C#CCO)c(NC(=O)Nc2ccc(-c3ccc(CN4CCOCC4)nc3)c3ccccc23)c1. The molecule has 0 saturated carbocycles. The summed E-state index contributed by atoms with van der Waals surface area (Å²) in [6.45, 7) is 10.3. The second-order valence-corrected chi connectivity index (χ2v) is 11.2. The first-order valence-corrected chi connectivity index (χ1v) is 13.9. The second kappa shape index (κ2) is 12.5. The van der Waals surface area contributed by atoms with Crippen LogP contribution in [0.3, 0.4) is 0 Å². The zero-order valence-corrected chi connectivity index (χ0v) is 23.8. The molecular formula is C34H36N4O3. The average Bonchev–Trinajstić information content (AvgIpc) is 2.97. The highest BCUT2D eigenvalue weighted by molar-refractivity contribution is 6.10. The fraction of sp³-hybridized carbons (Fsp3) is 0.294. The molecule has 0 unspecified atom stereocenters. The molecule has 0 radical (unpaired) electrons. The molecule has 0 aliphatic carbocycles. The van der Waals surface area contributed by atoms with E-state index in [2.05, 4.69) is 66.3 Å². The number of nitrogens with one attached hydrogen (secondary N) is 2. The maximum Gasteiger partial charge on any atom is 0.323 e. The van der Waals surface area contributed by atoms with Gasteiger partial charge in [-0.3, -0.25) is 9.88 Å². The molecule has 3 aromatic carbocycles. The number of rotatable bonds is 5. The Labute approximate surface area is 241 Å². The third kappa shape index (κ3) is 6.93. The zero-order valence-electron chi connectivity index (χ0n) is 23.8. The highest BCUT2D eigenvalue weighted by atomic mass is 16.5. The number of aliphatic hydroxyl groups excluding tert-OH is 1. The molecule has 7 heteroatoms. The maximum atomic E-state index is 13.2. The first-order chi connectivity index (χ1) is 19.8. The predicted octanol–water partition coefficient (Wildman–Crippen LogP) is 6.02. The summed E-state index contributed by atoms with van der Waals surface area (Å²) in [5.41, 5.74) is 6.03. The van der Waals surface area contributed by atoms with Gasteiger partial charge in [0.15, 0.2) is 0 Å². The number of urea groups is 1. The lowest BCUT2D eigenvalue weighted by atomic mass is 9.86. The van der Waals surface area contributed by atoms with Crippen LogP contribution in [-0.2, 0) is 16.7 Å². The number of anilines is 2. The summed E-state index contributed by atoms with van der Waals surface area (Å²) in [4.78, 5) is 20.3. The van der Waals surface area contributed by atoms with Crippen LogP contribution >= 0.6 is 0 Å². The van der Waals surface area contributed by atoms with Crippen LogP contribution in [0.5, 0.6) is 0 Å². The quantitative estimate of drug-likeness (QED) is 0.266. The van der Waals surface area contributed by atoms with Crippen molar-refractivity contribution in [3.05, 3.63) is 89.7 Å². The summed E-state index contributed by atoms with van der Waals surface area (Å²) >= 11 is 0. The maximum absolute atomic E-state index is 13.2. The molecule has 7 nitrogen and oxygen atoms in total. The van der Waals surface area contributed by atoms with Crippen molar-refractivity contribution in [2.75, 3.05) is 43.5 Å².